The molecule has 0 spiro atoms. The molecule has 5 rings (SSSR count). The van der Waals surface area contributed by atoms with Crippen LogP contribution in [0.3, 0.4) is 0 Å². The van der Waals surface area contributed by atoms with Gasteiger partial charge in [-0.05, 0) is 75.3 Å². The van der Waals surface area contributed by atoms with Crippen LogP contribution < -0.4 is 4.74 Å². The van der Waals surface area contributed by atoms with Crippen LogP contribution in [0.2, 0.25) is 0 Å². The van der Waals surface area contributed by atoms with E-state index in [4.69, 9.17) is 4.74 Å². The van der Waals surface area contributed by atoms with Crippen LogP contribution in [0.1, 0.15) is 44.1 Å². The third kappa shape index (κ3) is 2.20. The van der Waals surface area contributed by atoms with Gasteiger partial charge in [0.25, 0.3) is 0 Å². The minimum absolute atomic E-state index is 0.503. The maximum atomic E-state index is 6.27. The monoisotopic (exact) mass is 334 g/mol. The fourth-order valence-electron chi connectivity index (χ4n) is 5.44. The Bertz CT molecular complexity index is 487. The smallest absolute Gasteiger partial charge is 0.123 e. The SMILES string of the molecule is Cc1c(Br)cccc1OCC12CC3CC(CC(C3)C1)C2. The molecule has 4 aliphatic carbocycles. The average molecular weight is 335 g/mol. The number of hydrogen-bond donors (Lipinski definition) is 0. The Morgan fingerprint density at radius 3 is 2.30 bits per heavy atom. The van der Waals surface area contributed by atoms with Gasteiger partial charge in [0.15, 0.2) is 0 Å². The molecule has 0 saturated heterocycles. The standard InChI is InChI=1S/C18H23BrO/c1-12-16(19)3-2-4-17(12)20-11-18-8-13-5-14(9-18)7-15(6-13)10-18/h2-4,13-15H,5-11H2,1H3. The van der Waals surface area contributed by atoms with E-state index in [1.807, 2.05) is 0 Å². The van der Waals surface area contributed by atoms with E-state index in [-0.39, 0.29) is 0 Å². The Hall–Kier alpha value is -0.500. The first-order valence-corrected chi connectivity index (χ1v) is 8.81. The van der Waals surface area contributed by atoms with Gasteiger partial charge in [0, 0.05) is 15.5 Å². The van der Waals surface area contributed by atoms with E-state index in [9.17, 15) is 0 Å². The lowest BCUT2D eigenvalue weighted by atomic mass is 9.50. The largest absolute Gasteiger partial charge is 0.493 e. The topological polar surface area (TPSA) is 9.23 Å². The molecule has 0 radical (unpaired) electrons. The highest BCUT2D eigenvalue weighted by Crippen LogP contribution is 2.60. The Kier molecular flexibility index (Phi) is 3.14. The molecule has 1 aromatic carbocycles. The Morgan fingerprint density at radius 1 is 1.10 bits per heavy atom. The Balaban J connectivity index is 1.50. The summed E-state index contributed by atoms with van der Waals surface area (Å²) in [6.07, 6.45) is 8.80. The zero-order valence-corrected chi connectivity index (χ0v) is 13.8. The summed E-state index contributed by atoms with van der Waals surface area (Å²) in [5, 5.41) is 0. The van der Waals surface area contributed by atoms with Crippen molar-refractivity contribution < 1.29 is 4.74 Å². The second-order valence-electron chi connectivity index (χ2n) is 7.57. The van der Waals surface area contributed by atoms with Crippen molar-refractivity contribution in [1.29, 1.82) is 0 Å². The number of rotatable bonds is 3. The van der Waals surface area contributed by atoms with Crippen LogP contribution in [0.25, 0.3) is 0 Å². The van der Waals surface area contributed by atoms with Crippen molar-refractivity contribution in [1.82, 2.24) is 0 Å². The van der Waals surface area contributed by atoms with E-state index in [0.29, 0.717) is 5.41 Å². The van der Waals surface area contributed by atoms with E-state index < -0.39 is 0 Å². The minimum atomic E-state index is 0.503. The second kappa shape index (κ2) is 4.76. The van der Waals surface area contributed by atoms with Crippen LogP contribution in [-0.4, -0.2) is 6.61 Å². The third-order valence-corrected chi connectivity index (χ3v) is 6.78. The van der Waals surface area contributed by atoms with Gasteiger partial charge in [-0.2, -0.15) is 0 Å². The van der Waals surface area contributed by atoms with Gasteiger partial charge in [0.05, 0.1) is 6.61 Å². The molecule has 0 heterocycles. The highest BCUT2D eigenvalue weighted by atomic mass is 79.9. The van der Waals surface area contributed by atoms with Gasteiger partial charge in [0.2, 0.25) is 0 Å². The lowest BCUT2D eigenvalue weighted by molar-refractivity contribution is -0.0746. The average Bonchev–Trinajstić information content (AvgIpc) is 2.39. The molecule has 4 aliphatic rings. The summed E-state index contributed by atoms with van der Waals surface area (Å²) in [5.41, 5.74) is 1.74. The summed E-state index contributed by atoms with van der Waals surface area (Å²) in [6, 6.07) is 6.28. The van der Waals surface area contributed by atoms with E-state index in [1.165, 1.54) is 44.1 Å². The molecule has 0 aromatic heterocycles. The molecule has 20 heavy (non-hydrogen) atoms. The molecule has 2 heteroatoms. The molecular weight excluding hydrogens is 312 g/mol. The zero-order chi connectivity index (χ0) is 13.7. The van der Waals surface area contributed by atoms with Crippen LogP contribution in [0.15, 0.2) is 22.7 Å². The van der Waals surface area contributed by atoms with Crippen molar-refractivity contribution in [3.63, 3.8) is 0 Å². The van der Waals surface area contributed by atoms with Crippen molar-refractivity contribution in [2.24, 2.45) is 23.2 Å². The number of benzene rings is 1. The third-order valence-electron chi connectivity index (χ3n) is 5.92. The Labute approximate surface area is 130 Å². The maximum absolute atomic E-state index is 6.27. The molecule has 4 bridgehead atoms. The molecule has 1 nitrogen and oxygen atoms in total. The van der Waals surface area contributed by atoms with Gasteiger partial charge in [-0.25, -0.2) is 0 Å². The van der Waals surface area contributed by atoms with Gasteiger partial charge in [-0.15, -0.1) is 0 Å². The summed E-state index contributed by atoms with van der Waals surface area (Å²) in [4.78, 5) is 0. The number of halogens is 1. The van der Waals surface area contributed by atoms with Crippen molar-refractivity contribution in [2.75, 3.05) is 6.61 Å². The van der Waals surface area contributed by atoms with E-state index in [2.05, 4.69) is 41.1 Å². The van der Waals surface area contributed by atoms with Crippen LogP contribution in [-0.2, 0) is 0 Å². The fourth-order valence-corrected chi connectivity index (χ4v) is 5.79. The van der Waals surface area contributed by atoms with Gasteiger partial charge < -0.3 is 4.74 Å². The van der Waals surface area contributed by atoms with Crippen LogP contribution >= 0.6 is 15.9 Å². The first-order chi connectivity index (χ1) is 9.63. The normalized spacial score (nSPS) is 38.2. The molecule has 0 unspecified atom stereocenters. The summed E-state index contributed by atoms with van der Waals surface area (Å²) >= 11 is 3.60. The van der Waals surface area contributed by atoms with Crippen molar-refractivity contribution in [3.8, 4) is 5.75 Å². The predicted molar refractivity (Wildman–Crippen MR) is 85.0 cm³/mol. The van der Waals surface area contributed by atoms with E-state index >= 15 is 0 Å². The number of hydrogen-bond acceptors (Lipinski definition) is 1. The van der Waals surface area contributed by atoms with Crippen LogP contribution in [0.4, 0.5) is 0 Å². The quantitative estimate of drug-likeness (QED) is 0.723. The summed E-state index contributed by atoms with van der Waals surface area (Å²) in [5.74, 6) is 4.09. The molecule has 108 valence electrons. The highest BCUT2D eigenvalue weighted by Gasteiger charge is 2.51. The molecule has 0 amide bonds. The van der Waals surface area contributed by atoms with Gasteiger partial charge >= 0.3 is 0 Å². The predicted octanol–water partition coefficient (Wildman–Crippen LogP) is 5.35. The van der Waals surface area contributed by atoms with Crippen molar-refractivity contribution in [3.05, 3.63) is 28.2 Å². The maximum Gasteiger partial charge on any atom is 0.123 e. The molecule has 4 fully saturated rings. The second-order valence-corrected chi connectivity index (χ2v) is 8.42. The lowest BCUT2D eigenvalue weighted by Gasteiger charge is -2.56. The zero-order valence-electron chi connectivity index (χ0n) is 12.2. The Morgan fingerprint density at radius 2 is 1.70 bits per heavy atom. The van der Waals surface area contributed by atoms with E-state index in [0.717, 1.165) is 34.6 Å². The van der Waals surface area contributed by atoms with Gasteiger partial charge in [-0.3, -0.25) is 0 Å². The number of ether oxygens (including phenoxy) is 1. The molecule has 0 atom stereocenters. The van der Waals surface area contributed by atoms with E-state index in [1.54, 1.807) is 0 Å². The van der Waals surface area contributed by atoms with Gasteiger partial charge in [0.1, 0.15) is 5.75 Å². The van der Waals surface area contributed by atoms with Crippen LogP contribution in [0.5, 0.6) is 5.75 Å². The summed E-state index contributed by atoms with van der Waals surface area (Å²) in [7, 11) is 0. The first-order valence-electron chi connectivity index (χ1n) is 8.01. The van der Waals surface area contributed by atoms with Crippen molar-refractivity contribution in [2.45, 2.75) is 45.4 Å². The first kappa shape index (κ1) is 13.2. The molecule has 0 N–H and O–H groups in total. The molecule has 4 saturated carbocycles. The molecule has 0 aliphatic heterocycles. The molecular formula is C18H23BrO. The summed E-state index contributed by atoms with van der Waals surface area (Å²) in [6.45, 7) is 3.08. The summed E-state index contributed by atoms with van der Waals surface area (Å²) < 4.78 is 7.43. The molecule has 1 aromatic rings. The van der Waals surface area contributed by atoms with Crippen molar-refractivity contribution >= 4 is 15.9 Å². The van der Waals surface area contributed by atoms with Gasteiger partial charge in [-0.1, -0.05) is 22.0 Å². The minimum Gasteiger partial charge on any atom is -0.493 e. The lowest BCUT2D eigenvalue weighted by Crippen LogP contribution is -2.48. The highest BCUT2D eigenvalue weighted by molar-refractivity contribution is 9.10. The van der Waals surface area contributed by atoms with Crippen LogP contribution in [0, 0.1) is 30.1 Å². The fraction of sp³-hybridized carbons (Fsp3) is 0.667.